The van der Waals surface area contributed by atoms with Gasteiger partial charge in [0.15, 0.2) is 23.2 Å². The Morgan fingerprint density at radius 2 is 1.82 bits per heavy atom. The standard InChI is InChI=1S/C24H23F3N4O3/c1-30-22(12-9-15(25)20(27)16(26)10-12)14-11-13-5-4-6-18(21(14)29-30)31(13)24(32)17-7-8-19(33-2)23(28-17)34-3/h7-10,13,18H,4-6,11H2,1-3H3/t13-,18+/m0/s1. The van der Waals surface area contributed by atoms with Gasteiger partial charge in [-0.1, -0.05) is 0 Å². The molecule has 0 unspecified atom stereocenters. The third-order valence-electron chi connectivity index (χ3n) is 6.63. The van der Waals surface area contributed by atoms with Gasteiger partial charge in [-0.2, -0.15) is 5.10 Å². The predicted molar refractivity (Wildman–Crippen MR) is 116 cm³/mol. The minimum atomic E-state index is -1.50. The van der Waals surface area contributed by atoms with Crippen molar-refractivity contribution in [2.75, 3.05) is 14.2 Å². The van der Waals surface area contributed by atoms with Gasteiger partial charge in [0, 0.05) is 24.2 Å². The second-order valence-corrected chi connectivity index (χ2v) is 8.51. The fraction of sp³-hybridized carbons (Fsp3) is 0.375. The number of rotatable bonds is 4. The number of nitrogens with zero attached hydrogens (tertiary/aromatic N) is 4. The number of aryl methyl sites for hydroxylation is 1. The summed E-state index contributed by atoms with van der Waals surface area (Å²) in [6, 6.07) is 4.77. The highest BCUT2D eigenvalue weighted by molar-refractivity contribution is 5.93. The Kier molecular flexibility index (Phi) is 5.45. The molecule has 0 radical (unpaired) electrons. The molecule has 34 heavy (non-hydrogen) atoms. The SMILES string of the molecule is COc1ccc(C(=O)N2[C@H]3CCC[C@@H]2c2nn(C)c(-c4cc(F)c(F)c(F)c4)c2C3)nc1OC. The molecule has 3 aromatic rings. The normalized spacial score (nSPS) is 19.1. The molecule has 2 aliphatic rings. The number of carbonyl (C=O) groups is 1. The van der Waals surface area contributed by atoms with E-state index in [1.807, 2.05) is 4.90 Å². The van der Waals surface area contributed by atoms with Crippen LogP contribution in [0.5, 0.6) is 11.6 Å². The Morgan fingerprint density at radius 1 is 1.09 bits per heavy atom. The van der Waals surface area contributed by atoms with E-state index in [1.165, 1.54) is 14.2 Å². The first-order valence-corrected chi connectivity index (χ1v) is 11.0. The lowest BCUT2D eigenvalue weighted by atomic mass is 9.81. The molecule has 7 nitrogen and oxygen atoms in total. The van der Waals surface area contributed by atoms with Crippen molar-refractivity contribution in [2.24, 2.45) is 7.05 Å². The molecule has 1 saturated heterocycles. The molecule has 1 aromatic carbocycles. The van der Waals surface area contributed by atoms with Crippen molar-refractivity contribution in [1.82, 2.24) is 19.7 Å². The molecule has 0 aliphatic carbocycles. The first-order chi connectivity index (χ1) is 16.3. The number of methoxy groups -OCH3 is 2. The van der Waals surface area contributed by atoms with E-state index in [4.69, 9.17) is 9.47 Å². The molecule has 5 rings (SSSR count). The molecule has 178 valence electrons. The summed E-state index contributed by atoms with van der Waals surface area (Å²) in [7, 11) is 4.63. The molecular formula is C24H23F3N4O3. The van der Waals surface area contributed by atoms with E-state index in [-0.39, 0.29) is 35.1 Å². The molecule has 1 amide bonds. The maximum absolute atomic E-state index is 14.0. The molecule has 0 saturated carbocycles. The van der Waals surface area contributed by atoms with Crippen LogP contribution in [0.25, 0.3) is 11.3 Å². The molecule has 10 heteroatoms. The van der Waals surface area contributed by atoms with Crippen LogP contribution in [0.15, 0.2) is 24.3 Å². The van der Waals surface area contributed by atoms with E-state index in [0.29, 0.717) is 30.0 Å². The lowest BCUT2D eigenvalue weighted by Crippen LogP contribution is -2.50. The molecule has 0 N–H and O–H groups in total. The molecule has 2 atom stereocenters. The first kappa shape index (κ1) is 22.2. The summed E-state index contributed by atoms with van der Waals surface area (Å²) in [5.41, 5.74) is 2.49. The zero-order chi connectivity index (χ0) is 24.1. The predicted octanol–water partition coefficient (Wildman–Crippen LogP) is 4.21. The number of amides is 1. The topological polar surface area (TPSA) is 69.5 Å². The summed E-state index contributed by atoms with van der Waals surface area (Å²) >= 11 is 0. The van der Waals surface area contributed by atoms with Gasteiger partial charge < -0.3 is 14.4 Å². The van der Waals surface area contributed by atoms with Gasteiger partial charge in [0.25, 0.3) is 11.8 Å². The number of piperidine rings is 1. The molecule has 2 aliphatic heterocycles. The van der Waals surface area contributed by atoms with Crippen molar-refractivity contribution in [1.29, 1.82) is 0 Å². The van der Waals surface area contributed by atoms with E-state index in [1.54, 1.807) is 23.9 Å². The minimum absolute atomic E-state index is 0.133. The van der Waals surface area contributed by atoms with Crippen LogP contribution in [0.3, 0.4) is 0 Å². The fourth-order valence-electron chi connectivity index (χ4n) is 5.18. The van der Waals surface area contributed by atoms with E-state index in [9.17, 15) is 18.0 Å². The second kappa shape index (κ2) is 8.34. The largest absolute Gasteiger partial charge is 0.491 e. The number of aromatic nitrogens is 3. The first-order valence-electron chi connectivity index (χ1n) is 11.0. The Hall–Kier alpha value is -3.56. The zero-order valence-corrected chi connectivity index (χ0v) is 18.9. The summed E-state index contributed by atoms with van der Waals surface area (Å²) in [4.78, 5) is 19.7. The fourth-order valence-corrected chi connectivity index (χ4v) is 5.18. The van der Waals surface area contributed by atoms with E-state index in [2.05, 4.69) is 10.1 Å². The van der Waals surface area contributed by atoms with E-state index < -0.39 is 17.5 Å². The number of ether oxygens (including phenoxy) is 2. The lowest BCUT2D eigenvalue weighted by Gasteiger charge is -2.45. The molecule has 2 aromatic heterocycles. The third-order valence-corrected chi connectivity index (χ3v) is 6.63. The molecule has 4 heterocycles. The Bertz CT molecular complexity index is 1270. The van der Waals surface area contributed by atoms with Crippen LogP contribution < -0.4 is 9.47 Å². The quantitative estimate of drug-likeness (QED) is 0.532. The summed E-state index contributed by atoms with van der Waals surface area (Å²) in [6.07, 6.45) is 2.86. The summed E-state index contributed by atoms with van der Waals surface area (Å²) in [5, 5.41) is 4.64. The molecular weight excluding hydrogens is 449 g/mol. The van der Waals surface area contributed by atoms with Crippen molar-refractivity contribution in [3.8, 4) is 22.9 Å². The molecule has 2 bridgehead atoms. The lowest BCUT2D eigenvalue weighted by molar-refractivity contribution is 0.0385. The van der Waals surface area contributed by atoms with Gasteiger partial charge in [0.2, 0.25) is 0 Å². The van der Waals surface area contributed by atoms with Gasteiger partial charge >= 0.3 is 0 Å². The second-order valence-electron chi connectivity index (χ2n) is 8.51. The Morgan fingerprint density at radius 3 is 2.50 bits per heavy atom. The number of fused-ring (bicyclic) bond motifs is 4. The van der Waals surface area contributed by atoms with Crippen molar-refractivity contribution in [3.05, 3.63) is 58.7 Å². The number of carbonyl (C=O) groups excluding carboxylic acids is 1. The Balaban J connectivity index is 1.56. The monoisotopic (exact) mass is 472 g/mol. The van der Waals surface area contributed by atoms with Crippen molar-refractivity contribution >= 4 is 5.91 Å². The van der Waals surface area contributed by atoms with Gasteiger partial charge in [-0.05, 0) is 49.9 Å². The summed E-state index contributed by atoms with van der Waals surface area (Å²) < 4.78 is 53.5. The van der Waals surface area contributed by atoms with Crippen LogP contribution in [-0.4, -0.2) is 45.8 Å². The van der Waals surface area contributed by atoms with Gasteiger partial charge in [0.05, 0.1) is 31.6 Å². The Labute approximate surface area is 194 Å². The van der Waals surface area contributed by atoms with Gasteiger partial charge in [-0.15, -0.1) is 0 Å². The minimum Gasteiger partial charge on any atom is -0.491 e. The summed E-state index contributed by atoms with van der Waals surface area (Å²) in [6.45, 7) is 0. The van der Waals surface area contributed by atoms with Crippen LogP contribution in [0.1, 0.15) is 47.1 Å². The van der Waals surface area contributed by atoms with E-state index >= 15 is 0 Å². The smallest absolute Gasteiger partial charge is 0.273 e. The number of pyridine rings is 1. The van der Waals surface area contributed by atoms with Crippen LogP contribution in [0, 0.1) is 17.5 Å². The summed E-state index contributed by atoms with van der Waals surface area (Å²) in [5.74, 6) is -3.61. The van der Waals surface area contributed by atoms with Crippen LogP contribution in [0.2, 0.25) is 0 Å². The van der Waals surface area contributed by atoms with Gasteiger partial charge in [0.1, 0.15) is 5.69 Å². The van der Waals surface area contributed by atoms with Crippen LogP contribution in [-0.2, 0) is 13.5 Å². The highest BCUT2D eigenvalue weighted by Gasteiger charge is 2.44. The third kappa shape index (κ3) is 3.39. The maximum Gasteiger partial charge on any atom is 0.273 e. The zero-order valence-electron chi connectivity index (χ0n) is 18.9. The highest BCUT2D eigenvalue weighted by Crippen LogP contribution is 2.45. The maximum atomic E-state index is 14.0. The molecule has 0 spiro atoms. The average Bonchev–Trinajstić information content (AvgIpc) is 3.16. The number of benzene rings is 1. The van der Waals surface area contributed by atoms with Gasteiger partial charge in [-0.25, -0.2) is 18.2 Å². The van der Waals surface area contributed by atoms with E-state index in [0.717, 1.165) is 30.5 Å². The van der Waals surface area contributed by atoms with Gasteiger partial charge in [-0.3, -0.25) is 9.48 Å². The number of hydrogen-bond acceptors (Lipinski definition) is 5. The number of halogens is 3. The van der Waals surface area contributed by atoms with Crippen molar-refractivity contribution < 1.29 is 27.4 Å². The van der Waals surface area contributed by atoms with Crippen molar-refractivity contribution in [3.63, 3.8) is 0 Å². The van der Waals surface area contributed by atoms with Crippen LogP contribution >= 0.6 is 0 Å². The number of hydrogen-bond donors (Lipinski definition) is 0. The molecule has 1 fully saturated rings. The van der Waals surface area contributed by atoms with Crippen LogP contribution in [0.4, 0.5) is 13.2 Å². The van der Waals surface area contributed by atoms with Crippen molar-refractivity contribution in [2.45, 2.75) is 37.8 Å². The average molecular weight is 472 g/mol. The highest BCUT2D eigenvalue weighted by atomic mass is 19.2.